The number of methoxy groups -OCH3 is 1. The monoisotopic (exact) mass is 388 g/mol. The van der Waals surface area contributed by atoms with E-state index in [1.165, 1.54) is 0 Å². The highest BCUT2D eigenvalue weighted by Gasteiger charge is 2.01. The van der Waals surface area contributed by atoms with E-state index < -0.39 is 0 Å². The molecule has 6 heteroatoms. The molecule has 4 nitrogen and oxygen atoms in total. The number of nitrogens with zero attached hydrogens (tertiary/aromatic N) is 2. The van der Waals surface area contributed by atoms with Crippen molar-refractivity contribution in [2.45, 2.75) is 13.0 Å². The topological polar surface area (TPSA) is 36.3 Å². The minimum Gasteiger partial charge on any atom is -0.382 e. The van der Waals surface area contributed by atoms with Gasteiger partial charge in [0.05, 0.1) is 17.7 Å². The fourth-order valence-electron chi connectivity index (χ4n) is 1.06. The van der Waals surface area contributed by atoms with Crippen LogP contribution in [0.3, 0.4) is 0 Å². The Bertz CT molecular complexity index is 274. The molecule has 0 saturated heterocycles. The molecule has 0 unspecified atom stereocenters. The summed E-state index contributed by atoms with van der Waals surface area (Å²) in [6.45, 7) is 2.95. The van der Waals surface area contributed by atoms with Crippen LogP contribution >= 0.6 is 38.5 Å². The van der Waals surface area contributed by atoms with Crippen LogP contribution in [0.4, 0.5) is 0 Å². The van der Waals surface area contributed by atoms with Crippen LogP contribution < -0.4 is 0 Å². The van der Waals surface area contributed by atoms with E-state index in [0.717, 1.165) is 27.7 Å². The molecule has 0 spiro atoms. The van der Waals surface area contributed by atoms with Crippen molar-refractivity contribution >= 4 is 38.5 Å². The normalized spacial score (nSPS) is 10.9. The lowest BCUT2D eigenvalue weighted by Gasteiger charge is -2.03. The molecular weight excluding hydrogens is 375 g/mol. The van der Waals surface area contributed by atoms with Gasteiger partial charge in [-0.25, -0.2) is 0 Å². The number of hydrogen-bond donors (Lipinski definition) is 0. The Morgan fingerprint density at radius 3 is 2.87 bits per heavy atom. The predicted octanol–water partition coefficient (Wildman–Crippen LogP) is 2.30. The number of halogens is 2. The lowest BCUT2D eigenvalue weighted by Crippen LogP contribution is -2.06. The second-order valence-corrected chi connectivity index (χ2v) is 4.87. The van der Waals surface area contributed by atoms with Crippen LogP contribution in [0.25, 0.3) is 0 Å². The Hall–Kier alpha value is 0.340. The van der Waals surface area contributed by atoms with E-state index in [2.05, 4.69) is 43.6 Å². The molecule has 0 fully saturated rings. The highest BCUT2D eigenvalue weighted by Crippen LogP contribution is 2.16. The van der Waals surface area contributed by atoms with Gasteiger partial charge in [0.1, 0.15) is 3.70 Å². The summed E-state index contributed by atoms with van der Waals surface area (Å²) >= 11 is 5.62. The van der Waals surface area contributed by atoms with Gasteiger partial charge in [0.25, 0.3) is 0 Å². The molecule has 0 N–H and O–H groups in total. The highest BCUT2D eigenvalue weighted by molar-refractivity contribution is 14.1. The van der Waals surface area contributed by atoms with E-state index >= 15 is 0 Å². The summed E-state index contributed by atoms with van der Waals surface area (Å²) in [5.74, 6) is 0. The van der Waals surface area contributed by atoms with Crippen molar-refractivity contribution in [3.63, 3.8) is 0 Å². The summed E-state index contributed by atoms with van der Waals surface area (Å²) in [6, 6.07) is 0. The number of aryl methyl sites for hydroxylation is 1. The van der Waals surface area contributed by atoms with Gasteiger partial charge in [0.15, 0.2) is 0 Å². The van der Waals surface area contributed by atoms with E-state index in [9.17, 15) is 0 Å². The summed E-state index contributed by atoms with van der Waals surface area (Å²) < 4.78 is 14.2. The lowest BCUT2D eigenvalue weighted by atomic mass is 10.4. The third-order valence-electron chi connectivity index (χ3n) is 1.78. The number of rotatable bonds is 7. The summed E-state index contributed by atoms with van der Waals surface area (Å²) in [5.41, 5.74) is 0. The first kappa shape index (κ1) is 13.4. The maximum Gasteiger partial charge on any atom is 0.137 e. The third-order valence-corrected chi connectivity index (χ3v) is 3.90. The van der Waals surface area contributed by atoms with E-state index in [-0.39, 0.29) is 0 Å². The minimum atomic E-state index is 0.658. The van der Waals surface area contributed by atoms with Crippen molar-refractivity contribution < 1.29 is 9.47 Å². The maximum absolute atomic E-state index is 5.35. The van der Waals surface area contributed by atoms with Gasteiger partial charge in [-0.3, -0.25) is 4.68 Å². The van der Waals surface area contributed by atoms with Gasteiger partial charge >= 0.3 is 0 Å². The van der Waals surface area contributed by atoms with Gasteiger partial charge in [0, 0.05) is 26.5 Å². The molecule has 0 bridgehead atoms. The van der Waals surface area contributed by atoms with Crippen LogP contribution in [0.2, 0.25) is 0 Å². The molecule has 0 aromatic carbocycles. The third kappa shape index (κ3) is 5.28. The van der Waals surface area contributed by atoms with Gasteiger partial charge in [0.2, 0.25) is 0 Å². The molecule has 0 amide bonds. The second kappa shape index (κ2) is 7.59. The van der Waals surface area contributed by atoms with Gasteiger partial charge in [-0.1, -0.05) is 0 Å². The molecule has 0 radical (unpaired) electrons. The molecule has 0 aliphatic carbocycles. The van der Waals surface area contributed by atoms with Crippen molar-refractivity contribution in [2.75, 3.05) is 26.9 Å². The smallest absolute Gasteiger partial charge is 0.137 e. The first-order valence-corrected chi connectivity index (χ1v) is 6.56. The van der Waals surface area contributed by atoms with Crippen molar-refractivity contribution in [2.24, 2.45) is 0 Å². The molecule has 0 aliphatic heterocycles. The predicted molar refractivity (Wildman–Crippen MR) is 70.0 cm³/mol. The van der Waals surface area contributed by atoms with Gasteiger partial charge in [-0.05, 0) is 44.9 Å². The van der Waals surface area contributed by atoms with Gasteiger partial charge in [-0.2, -0.15) is 5.10 Å². The van der Waals surface area contributed by atoms with Crippen LogP contribution in [-0.4, -0.2) is 36.7 Å². The molecule has 15 heavy (non-hydrogen) atoms. The van der Waals surface area contributed by atoms with Crippen molar-refractivity contribution in [3.8, 4) is 0 Å². The highest BCUT2D eigenvalue weighted by atomic mass is 127. The van der Waals surface area contributed by atoms with E-state index in [0.29, 0.717) is 13.2 Å². The SMILES string of the molecule is COCCOCCCn1cc(Br)c(I)n1. The average Bonchev–Trinajstić information content (AvgIpc) is 2.52. The quantitative estimate of drug-likeness (QED) is 0.531. The standard InChI is InChI=1S/C9H14BrIN2O2/c1-14-5-6-15-4-2-3-13-7-8(10)9(11)12-13/h7H,2-6H2,1H3. The Morgan fingerprint density at radius 2 is 2.27 bits per heavy atom. The molecule has 0 aliphatic rings. The molecule has 1 aromatic rings. The zero-order chi connectivity index (χ0) is 11.1. The van der Waals surface area contributed by atoms with Gasteiger partial charge in [-0.15, -0.1) is 0 Å². The fraction of sp³-hybridized carbons (Fsp3) is 0.667. The fourth-order valence-corrected chi connectivity index (χ4v) is 1.79. The van der Waals surface area contributed by atoms with Crippen LogP contribution in [0.15, 0.2) is 10.7 Å². The van der Waals surface area contributed by atoms with Crippen LogP contribution in [-0.2, 0) is 16.0 Å². The maximum atomic E-state index is 5.35. The summed E-state index contributed by atoms with van der Waals surface area (Å²) in [4.78, 5) is 0. The zero-order valence-electron chi connectivity index (χ0n) is 8.58. The van der Waals surface area contributed by atoms with Crippen LogP contribution in [0.1, 0.15) is 6.42 Å². The van der Waals surface area contributed by atoms with Crippen LogP contribution in [0.5, 0.6) is 0 Å². The first-order valence-electron chi connectivity index (χ1n) is 4.69. The van der Waals surface area contributed by atoms with Crippen molar-refractivity contribution in [3.05, 3.63) is 14.4 Å². The number of aromatic nitrogens is 2. The molecule has 0 atom stereocenters. The Balaban J connectivity index is 2.10. The summed E-state index contributed by atoms with van der Waals surface area (Å²) in [6.07, 6.45) is 2.95. The van der Waals surface area contributed by atoms with E-state index in [4.69, 9.17) is 9.47 Å². The average molecular weight is 389 g/mol. The first-order chi connectivity index (χ1) is 7.24. The van der Waals surface area contributed by atoms with Gasteiger partial charge < -0.3 is 9.47 Å². The summed E-state index contributed by atoms with van der Waals surface area (Å²) in [7, 11) is 1.67. The molecule has 1 rings (SSSR count). The van der Waals surface area contributed by atoms with E-state index in [1.54, 1.807) is 7.11 Å². The minimum absolute atomic E-state index is 0.658. The second-order valence-electron chi connectivity index (χ2n) is 2.99. The largest absolute Gasteiger partial charge is 0.382 e. The molecule has 1 aromatic heterocycles. The zero-order valence-corrected chi connectivity index (χ0v) is 12.3. The lowest BCUT2D eigenvalue weighted by molar-refractivity contribution is 0.0677. The number of ether oxygens (including phenoxy) is 2. The van der Waals surface area contributed by atoms with Crippen molar-refractivity contribution in [1.82, 2.24) is 9.78 Å². The molecule has 1 heterocycles. The van der Waals surface area contributed by atoms with Crippen LogP contribution in [0, 0.1) is 3.70 Å². The number of hydrogen-bond acceptors (Lipinski definition) is 3. The van der Waals surface area contributed by atoms with Crippen molar-refractivity contribution in [1.29, 1.82) is 0 Å². The molecule has 86 valence electrons. The Labute approximate surface area is 112 Å². The molecular formula is C9H14BrIN2O2. The Kier molecular flexibility index (Phi) is 6.78. The Morgan fingerprint density at radius 1 is 1.47 bits per heavy atom. The summed E-state index contributed by atoms with van der Waals surface area (Å²) in [5, 5.41) is 4.32. The van der Waals surface area contributed by atoms with E-state index in [1.807, 2.05) is 10.9 Å². The molecule has 0 saturated carbocycles.